The highest BCUT2D eigenvalue weighted by molar-refractivity contribution is 6.05. The van der Waals surface area contributed by atoms with Gasteiger partial charge in [0, 0.05) is 41.3 Å². The number of aryl methyl sites for hydroxylation is 2. The Hall–Kier alpha value is -4.14. The van der Waals surface area contributed by atoms with Gasteiger partial charge in [0.25, 0.3) is 5.91 Å². The number of rotatable bonds is 7. The molecule has 1 saturated carbocycles. The molecule has 9 heteroatoms. The molecule has 1 aliphatic rings. The maximum Gasteiger partial charge on any atom is 0.259 e. The van der Waals surface area contributed by atoms with Crippen LogP contribution in [0.4, 0.5) is 23.1 Å². The maximum atomic E-state index is 13.0. The lowest BCUT2D eigenvalue weighted by Crippen LogP contribution is -2.13. The number of imidazole rings is 1. The van der Waals surface area contributed by atoms with Crippen LogP contribution >= 0.6 is 0 Å². The van der Waals surface area contributed by atoms with Gasteiger partial charge in [-0.05, 0) is 50.5 Å². The number of anilines is 4. The molecule has 9 nitrogen and oxygen atoms in total. The molecule has 0 aliphatic heterocycles. The summed E-state index contributed by atoms with van der Waals surface area (Å²) in [6, 6.07) is 9.96. The first kappa shape index (κ1) is 23.6. The molecule has 186 valence electrons. The Morgan fingerprint density at radius 2 is 1.89 bits per heavy atom. The third-order valence-electron chi connectivity index (χ3n) is 6.11. The zero-order valence-electron chi connectivity index (χ0n) is 21.2. The molecule has 0 saturated heterocycles. The highest BCUT2D eigenvalue weighted by atomic mass is 16.3. The van der Waals surface area contributed by atoms with E-state index in [2.05, 4.69) is 51.7 Å². The van der Waals surface area contributed by atoms with Crippen LogP contribution in [0.5, 0.6) is 0 Å². The average molecular weight is 486 g/mol. The summed E-state index contributed by atoms with van der Waals surface area (Å²) >= 11 is 0. The van der Waals surface area contributed by atoms with Gasteiger partial charge >= 0.3 is 0 Å². The molecule has 0 bridgehead atoms. The molecule has 1 aliphatic carbocycles. The van der Waals surface area contributed by atoms with Crippen LogP contribution < -0.4 is 16.0 Å². The molecule has 5 rings (SSSR count). The number of amides is 1. The summed E-state index contributed by atoms with van der Waals surface area (Å²) in [7, 11) is 0. The summed E-state index contributed by atoms with van der Waals surface area (Å²) in [5.41, 5.74) is 2.86. The minimum Gasteiger partial charge on any atom is -0.465 e. The van der Waals surface area contributed by atoms with Crippen LogP contribution in [0.15, 0.2) is 53.5 Å². The van der Waals surface area contributed by atoms with Crippen LogP contribution in [0.1, 0.15) is 61.1 Å². The third-order valence-corrected chi connectivity index (χ3v) is 6.11. The molecule has 0 unspecified atom stereocenters. The van der Waals surface area contributed by atoms with Gasteiger partial charge in [0.2, 0.25) is 5.95 Å². The lowest BCUT2D eigenvalue weighted by Gasteiger charge is -2.14. The molecule has 3 N–H and O–H groups in total. The Morgan fingerprint density at radius 3 is 2.61 bits per heavy atom. The van der Waals surface area contributed by atoms with Gasteiger partial charge in [0.15, 0.2) is 0 Å². The van der Waals surface area contributed by atoms with E-state index in [4.69, 9.17) is 4.42 Å². The Morgan fingerprint density at radius 1 is 1.08 bits per heavy atom. The van der Waals surface area contributed by atoms with Crippen molar-refractivity contribution >= 4 is 29.0 Å². The predicted molar refractivity (Wildman–Crippen MR) is 140 cm³/mol. The molecular weight excluding hydrogens is 454 g/mol. The Labute approximate surface area is 210 Å². The number of aromatic nitrogens is 4. The standard InChI is InChI=1S/C27H31N7O2/c1-16-6-7-19(32-25(35)20-13-22(27(3,4)5)36-17(20)2)12-21(16)33-26-28-10-11-34(26)24-14-23(29-15-30-24)31-18-8-9-18/h6-7,10-15,18H,8-9H2,1-5H3,(H,28,33)(H,32,35)(H,29,30,31). The largest absolute Gasteiger partial charge is 0.465 e. The molecule has 3 aromatic heterocycles. The lowest BCUT2D eigenvalue weighted by atomic mass is 9.93. The average Bonchev–Trinajstić information content (AvgIpc) is 3.35. The highest BCUT2D eigenvalue weighted by Gasteiger charge is 2.24. The van der Waals surface area contributed by atoms with E-state index in [9.17, 15) is 4.79 Å². The topological polar surface area (TPSA) is 110 Å². The van der Waals surface area contributed by atoms with E-state index in [1.165, 1.54) is 12.8 Å². The van der Waals surface area contributed by atoms with Crippen molar-refractivity contribution in [3.63, 3.8) is 0 Å². The smallest absolute Gasteiger partial charge is 0.259 e. The van der Waals surface area contributed by atoms with Crippen LogP contribution in [0.3, 0.4) is 0 Å². The SMILES string of the molecule is Cc1ccc(NC(=O)c2cc(C(C)(C)C)oc2C)cc1Nc1nccn1-c1cc(NC2CC2)ncn1. The number of benzene rings is 1. The predicted octanol–water partition coefficient (Wildman–Crippen LogP) is 5.74. The normalized spacial score (nSPS) is 13.5. The molecule has 1 amide bonds. The van der Waals surface area contributed by atoms with E-state index < -0.39 is 0 Å². The molecule has 1 fully saturated rings. The fraction of sp³-hybridized carbons (Fsp3) is 0.333. The fourth-order valence-corrected chi connectivity index (χ4v) is 3.81. The maximum absolute atomic E-state index is 13.0. The van der Waals surface area contributed by atoms with E-state index in [0.29, 0.717) is 34.8 Å². The van der Waals surface area contributed by atoms with Gasteiger partial charge in [-0.25, -0.2) is 15.0 Å². The Kier molecular flexibility index (Phi) is 5.99. The first-order chi connectivity index (χ1) is 17.2. The van der Waals surface area contributed by atoms with Gasteiger partial charge in [0.05, 0.1) is 5.56 Å². The van der Waals surface area contributed by atoms with Gasteiger partial charge in [-0.15, -0.1) is 0 Å². The van der Waals surface area contributed by atoms with Crippen LogP contribution in [0, 0.1) is 13.8 Å². The minimum atomic E-state index is -0.209. The number of furan rings is 1. The lowest BCUT2D eigenvalue weighted by molar-refractivity contribution is 0.102. The number of hydrogen-bond acceptors (Lipinski definition) is 7. The van der Waals surface area contributed by atoms with E-state index in [-0.39, 0.29) is 11.3 Å². The van der Waals surface area contributed by atoms with Crippen molar-refractivity contribution in [2.45, 2.75) is 58.9 Å². The first-order valence-electron chi connectivity index (χ1n) is 12.1. The fourth-order valence-electron chi connectivity index (χ4n) is 3.81. The van der Waals surface area contributed by atoms with E-state index in [1.807, 2.05) is 54.9 Å². The van der Waals surface area contributed by atoms with Crippen LogP contribution in [0.25, 0.3) is 5.82 Å². The molecule has 3 heterocycles. The van der Waals surface area contributed by atoms with Crippen molar-refractivity contribution < 1.29 is 9.21 Å². The Balaban J connectivity index is 1.35. The second kappa shape index (κ2) is 9.14. The number of carbonyl (C=O) groups is 1. The van der Waals surface area contributed by atoms with Gasteiger partial charge in [-0.3, -0.25) is 9.36 Å². The highest BCUT2D eigenvalue weighted by Crippen LogP contribution is 2.29. The van der Waals surface area contributed by atoms with Gasteiger partial charge in [-0.1, -0.05) is 26.8 Å². The van der Waals surface area contributed by atoms with Crippen molar-refractivity contribution in [3.8, 4) is 5.82 Å². The Bertz CT molecular complexity index is 1410. The minimum absolute atomic E-state index is 0.176. The van der Waals surface area contributed by atoms with E-state index in [0.717, 1.165) is 22.8 Å². The van der Waals surface area contributed by atoms with E-state index >= 15 is 0 Å². The second-order valence-corrected chi connectivity index (χ2v) is 10.2. The van der Waals surface area contributed by atoms with Crippen molar-refractivity contribution in [1.82, 2.24) is 19.5 Å². The monoisotopic (exact) mass is 485 g/mol. The van der Waals surface area contributed by atoms with Gasteiger partial charge < -0.3 is 20.4 Å². The number of carbonyl (C=O) groups excluding carboxylic acids is 1. The van der Waals surface area contributed by atoms with Crippen molar-refractivity contribution in [2.24, 2.45) is 0 Å². The molecule has 0 spiro atoms. The summed E-state index contributed by atoms with van der Waals surface area (Å²) in [6.45, 7) is 9.98. The molecule has 4 aromatic rings. The molecule has 36 heavy (non-hydrogen) atoms. The van der Waals surface area contributed by atoms with Crippen LogP contribution in [0.2, 0.25) is 0 Å². The van der Waals surface area contributed by atoms with Gasteiger partial charge in [0.1, 0.15) is 29.5 Å². The number of nitrogens with one attached hydrogen (secondary N) is 3. The number of hydrogen-bond donors (Lipinski definition) is 3. The molecule has 0 atom stereocenters. The quantitative estimate of drug-likeness (QED) is 0.306. The summed E-state index contributed by atoms with van der Waals surface area (Å²) in [5, 5.41) is 9.77. The van der Waals surface area contributed by atoms with E-state index in [1.54, 1.807) is 12.5 Å². The van der Waals surface area contributed by atoms with Crippen molar-refractivity contribution in [2.75, 3.05) is 16.0 Å². The van der Waals surface area contributed by atoms with Crippen molar-refractivity contribution in [1.29, 1.82) is 0 Å². The second-order valence-electron chi connectivity index (χ2n) is 10.2. The summed E-state index contributed by atoms with van der Waals surface area (Å²) < 4.78 is 7.71. The van der Waals surface area contributed by atoms with Crippen LogP contribution in [-0.4, -0.2) is 31.5 Å². The summed E-state index contributed by atoms with van der Waals surface area (Å²) in [4.78, 5) is 26.2. The zero-order valence-corrected chi connectivity index (χ0v) is 21.2. The van der Waals surface area contributed by atoms with Gasteiger partial charge in [-0.2, -0.15) is 0 Å². The van der Waals surface area contributed by atoms with Crippen LogP contribution in [-0.2, 0) is 5.41 Å². The number of nitrogens with zero attached hydrogens (tertiary/aromatic N) is 4. The molecule has 0 radical (unpaired) electrons. The molecule has 1 aromatic carbocycles. The molecular formula is C27H31N7O2. The third kappa shape index (κ3) is 5.10. The van der Waals surface area contributed by atoms with Crippen molar-refractivity contribution in [3.05, 3.63) is 71.7 Å². The summed E-state index contributed by atoms with van der Waals surface area (Å²) in [5.74, 6) is 3.29. The summed E-state index contributed by atoms with van der Waals surface area (Å²) in [6.07, 6.45) is 7.45. The first-order valence-corrected chi connectivity index (χ1v) is 12.1. The zero-order chi connectivity index (χ0) is 25.4.